The van der Waals surface area contributed by atoms with Crippen molar-refractivity contribution in [2.45, 2.75) is 39.0 Å². The van der Waals surface area contributed by atoms with Gasteiger partial charge in [-0.15, -0.1) is 11.3 Å². The molecule has 3 N–H and O–H groups in total. The number of quaternary nitrogens is 2. The zero-order chi connectivity index (χ0) is 18.5. The number of ether oxygens (including phenoxy) is 1. The van der Waals surface area contributed by atoms with E-state index in [1.54, 1.807) is 16.2 Å². The van der Waals surface area contributed by atoms with Gasteiger partial charge in [0.05, 0.1) is 19.2 Å². The Bertz CT molecular complexity index is 651. The first-order valence-corrected chi connectivity index (χ1v) is 10.6. The fourth-order valence-electron chi connectivity index (χ4n) is 4.03. The molecule has 1 aromatic rings. The molecule has 1 amide bonds. The highest BCUT2D eigenvalue weighted by atomic mass is 32.1. The SMILES string of the molecule is CC[NH+]1CC[NH+](CC(=O)Nc2sc3c(c2C(=O)OC)CCCCC3)CC1. The Morgan fingerprint density at radius 2 is 1.77 bits per heavy atom. The van der Waals surface area contributed by atoms with E-state index in [1.165, 1.54) is 23.3 Å². The van der Waals surface area contributed by atoms with Crippen LogP contribution in [0.2, 0.25) is 0 Å². The highest BCUT2D eigenvalue weighted by molar-refractivity contribution is 7.17. The normalized spacial score (nSPS) is 23.0. The zero-order valence-electron chi connectivity index (χ0n) is 15.9. The van der Waals surface area contributed by atoms with Crippen LogP contribution in [0.25, 0.3) is 0 Å². The van der Waals surface area contributed by atoms with E-state index in [-0.39, 0.29) is 11.9 Å². The molecule has 6 nitrogen and oxygen atoms in total. The summed E-state index contributed by atoms with van der Waals surface area (Å²) in [7, 11) is 1.41. The molecule has 1 aliphatic heterocycles. The van der Waals surface area contributed by atoms with E-state index in [4.69, 9.17) is 4.74 Å². The summed E-state index contributed by atoms with van der Waals surface area (Å²) in [6.45, 7) is 8.15. The van der Waals surface area contributed by atoms with Crippen LogP contribution in [0.5, 0.6) is 0 Å². The molecule has 0 aromatic carbocycles. The molecule has 1 fully saturated rings. The lowest BCUT2D eigenvalue weighted by molar-refractivity contribution is -1.01. The maximum Gasteiger partial charge on any atom is 0.341 e. The highest BCUT2D eigenvalue weighted by Crippen LogP contribution is 2.37. The lowest BCUT2D eigenvalue weighted by Gasteiger charge is -2.28. The molecule has 0 atom stereocenters. The molecule has 0 bridgehead atoms. The summed E-state index contributed by atoms with van der Waals surface area (Å²) in [5.74, 6) is -0.325. The second-order valence-electron chi connectivity index (χ2n) is 7.34. The first-order valence-electron chi connectivity index (χ1n) is 9.82. The number of methoxy groups -OCH3 is 1. The van der Waals surface area contributed by atoms with Crippen LogP contribution in [-0.2, 0) is 22.4 Å². The van der Waals surface area contributed by atoms with E-state index in [0.717, 1.165) is 64.0 Å². The average Bonchev–Trinajstić information content (AvgIpc) is 2.82. The van der Waals surface area contributed by atoms with E-state index < -0.39 is 0 Å². The summed E-state index contributed by atoms with van der Waals surface area (Å²) in [5, 5.41) is 3.71. The molecule has 0 saturated carbocycles. The second-order valence-corrected chi connectivity index (χ2v) is 8.44. The molecule has 2 heterocycles. The van der Waals surface area contributed by atoms with Gasteiger partial charge in [0.25, 0.3) is 5.91 Å². The topological polar surface area (TPSA) is 64.3 Å². The molecule has 1 aliphatic carbocycles. The minimum atomic E-state index is -0.327. The van der Waals surface area contributed by atoms with Crippen molar-refractivity contribution < 1.29 is 24.1 Å². The van der Waals surface area contributed by atoms with Crippen LogP contribution in [0.1, 0.15) is 47.0 Å². The van der Waals surface area contributed by atoms with Gasteiger partial charge in [0.2, 0.25) is 0 Å². The van der Waals surface area contributed by atoms with Gasteiger partial charge < -0.3 is 19.9 Å². The van der Waals surface area contributed by atoms with Crippen molar-refractivity contribution in [2.75, 3.05) is 51.7 Å². The van der Waals surface area contributed by atoms with E-state index in [1.807, 2.05) is 0 Å². The number of aryl methyl sites for hydroxylation is 1. The van der Waals surface area contributed by atoms with Crippen LogP contribution in [0.15, 0.2) is 0 Å². The van der Waals surface area contributed by atoms with E-state index in [9.17, 15) is 9.59 Å². The minimum Gasteiger partial charge on any atom is -0.465 e. The largest absolute Gasteiger partial charge is 0.465 e. The zero-order valence-corrected chi connectivity index (χ0v) is 16.7. The van der Waals surface area contributed by atoms with Gasteiger partial charge in [0, 0.05) is 4.88 Å². The van der Waals surface area contributed by atoms with E-state index in [2.05, 4.69) is 12.2 Å². The van der Waals surface area contributed by atoms with Crippen molar-refractivity contribution in [3.8, 4) is 0 Å². The van der Waals surface area contributed by atoms with Crippen LogP contribution in [0.3, 0.4) is 0 Å². The number of rotatable bonds is 5. The Labute approximate surface area is 159 Å². The number of anilines is 1. The molecule has 144 valence electrons. The predicted molar refractivity (Wildman–Crippen MR) is 102 cm³/mol. The number of fused-ring (bicyclic) bond motifs is 1. The second kappa shape index (κ2) is 8.97. The van der Waals surface area contributed by atoms with E-state index in [0.29, 0.717) is 17.1 Å². The van der Waals surface area contributed by atoms with Crippen molar-refractivity contribution in [3.05, 3.63) is 16.0 Å². The van der Waals surface area contributed by atoms with Crippen LogP contribution in [0.4, 0.5) is 5.00 Å². The Morgan fingerprint density at radius 1 is 1.08 bits per heavy atom. The van der Waals surface area contributed by atoms with Gasteiger partial charge in [-0.1, -0.05) is 6.42 Å². The Hall–Kier alpha value is -1.44. The molecule has 1 saturated heterocycles. The van der Waals surface area contributed by atoms with Crippen molar-refractivity contribution in [1.29, 1.82) is 0 Å². The van der Waals surface area contributed by atoms with Crippen molar-refractivity contribution >= 4 is 28.2 Å². The van der Waals surface area contributed by atoms with Gasteiger partial charge in [0.15, 0.2) is 6.54 Å². The molecule has 0 radical (unpaired) electrons. The summed E-state index contributed by atoms with van der Waals surface area (Å²) in [4.78, 5) is 29.1. The number of amides is 1. The quantitative estimate of drug-likeness (QED) is 0.478. The van der Waals surface area contributed by atoms with Gasteiger partial charge in [-0.2, -0.15) is 0 Å². The molecule has 3 rings (SSSR count). The Morgan fingerprint density at radius 3 is 2.46 bits per heavy atom. The average molecular weight is 382 g/mol. The monoisotopic (exact) mass is 381 g/mol. The number of likely N-dealkylation sites (N-methyl/N-ethyl adjacent to an activating group) is 1. The minimum absolute atomic E-state index is 0.00140. The number of carbonyl (C=O) groups excluding carboxylic acids is 2. The number of carbonyl (C=O) groups is 2. The van der Waals surface area contributed by atoms with Gasteiger partial charge >= 0.3 is 5.97 Å². The van der Waals surface area contributed by atoms with E-state index >= 15 is 0 Å². The summed E-state index contributed by atoms with van der Waals surface area (Å²) in [5.41, 5.74) is 1.69. The first kappa shape index (κ1) is 19.3. The van der Waals surface area contributed by atoms with Gasteiger partial charge in [-0.3, -0.25) is 4.79 Å². The molecule has 0 spiro atoms. The standard InChI is InChI=1S/C19H29N3O3S/c1-3-21-9-11-22(12-10-21)13-16(23)20-18-17(19(24)25-2)14-7-5-4-6-8-15(14)26-18/h3-13H2,1-2H3,(H,20,23)/p+2. The maximum atomic E-state index is 12.6. The number of esters is 1. The molecule has 0 unspecified atom stereocenters. The third-order valence-electron chi connectivity index (χ3n) is 5.64. The molecule has 1 aromatic heterocycles. The molecule has 7 heteroatoms. The number of thiophene rings is 1. The predicted octanol–water partition coefficient (Wildman–Crippen LogP) is -0.455. The maximum absolute atomic E-state index is 12.6. The Kier molecular flexibility index (Phi) is 6.67. The fourth-order valence-corrected chi connectivity index (χ4v) is 5.33. The Balaban J connectivity index is 1.69. The fraction of sp³-hybridized carbons (Fsp3) is 0.684. The number of hydrogen-bond acceptors (Lipinski definition) is 4. The summed E-state index contributed by atoms with van der Waals surface area (Å²) >= 11 is 1.57. The van der Waals surface area contributed by atoms with Gasteiger partial charge in [-0.05, 0) is 38.2 Å². The van der Waals surface area contributed by atoms with Crippen LogP contribution >= 0.6 is 11.3 Å². The summed E-state index contributed by atoms with van der Waals surface area (Å²) < 4.78 is 5.01. The molecular weight excluding hydrogens is 350 g/mol. The van der Waals surface area contributed by atoms with Crippen LogP contribution in [-0.4, -0.2) is 58.3 Å². The molecule has 26 heavy (non-hydrogen) atoms. The summed E-state index contributed by atoms with van der Waals surface area (Å²) in [6, 6.07) is 0. The van der Waals surface area contributed by atoms with Gasteiger partial charge in [0.1, 0.15) is 31.2 Å². The third kappa shape index (κ3) is 4.45. The van der Waals surface area contributed by atoms with Gasteiger partial charge in [-0.25, -0.2) is 4.79 Å². The lowest BCUT2D eigenvalue weighted by atomic mass is 10.1. The van der Waals surface area contributed by atoms with Crippen molar-refractivity contribution in [1.82, 2.24) is 0 Å². The first-order chi connectivity index (χ1) is 12.6. The van der Waals surface area contributed by atoms with Crippen LogP contribution < -0.4 is 15.1 Å². The number of piperazine rings is 1. The van der Waals surface area contributed by atoms with Crippen molar-refractivity contribution in [2.24, 2.45) is 0 Å². The molecule has 2 aliphatic rings. The van der Waals surface area contributed by atoms with Crippen LogP contribution in [0, 0.1) is 0 Å². The van der Waals surface area contributed by atoms with Crippen molar-refractivity contribution in [3.63, 3.8) is 0 Å². The highest BCUT2D eigenvalue weighted by Gasteiger charge is 2.28. The summed E-state index contributed by atoms with van der Waals surface area (Å²) in [6.07, 6.45) is 5.33. The lowest BCUT2D eigenvalue weighted by Crippen LogP contribution is -3.28. The molecular formula is C19H31N3O3S+2. The third-order valence-corrected chi connectivity index (χ3v) is 6.85. The smallest absolute Gasteiger partial charge is 0.341 e. The number of hydrogen-bond donors (Lipinski definition) is 3. The number of nitrogens with one attached hydrogen (secondary N) is 3.